The number of hydrogen-bond donors (Lipinski definition) is 2. The van der Waals surface area contributed by atoms with Gasteiger partial charge in [0.25, 0.3) is 0 Å². The highest BCUT2D eigenvalue weighted by molar-refractivity contribution is 14.1. The number of methoxy groups -OCH3 is 1. The summed E-state index contributed by atoms with van der Waals surface area (Å²) in [5.74, 6) is -0.487. The zero-order valence-corrected chi connectivity index (χ0v) is 14.0. The fourth-order valence-corrected chi connectivity index (χ4v) is 1.83. The maximum atomic E-state index is 11.0. The Labute approximate surface area is 134 Å². The van der Waals surface area contributed by atoms with Crippen LogP contribution in [0, 0.1) is 17.4 Å². The molecule has 0 bridgehead atoms. The van der Waals surface area contributed by atoms with Gasteiger partial charge < -0.3 is 14.7 Å². The molecule has 0 aromatic carbocycles. The van der Waals surface area contributed by atoms with E-state index in [0.29, 0.717) is 11.1 Å². The molecule has 2 rings (SSSR count). The highest BCUT2D eigenvalue weighted by Crippen LogP contribution is 2.04. The molecule has 0 unspecified atom stereocenters. The Hall–Kier alpha value is -1.90. The van der Waals surface area contributed by atoms with Gasteiger partial charge in [0.15, 0.2) is 0 Å². The predicted molar refractivity (Wildman–Crippen MR) is 87.7 cm³/mol. The minimum absolute atomic E-state index is 0.0370. The summed E-state index contributed by atoms with van der Waals surface area (Å²) in [6.07, 6.45) is 3.19. The van der Waals surface area contributed by atoms with Crippen LogP contribution in [-0.2, 0) is 4.74 Å². The Bertz CT molecular complexity index is 749. The van der Waals surface area contributed by atoms with E-state index in [2.05, 4.69) is 37.3 Å². The molecule has 0 amide bonds. The lowest BCUT2D eigenvalue weighted by Crippen LogP contribution is -2.11. The smallest absolute Gasteiger partial charge is 0.338 e. The van der Waals surface area contributed by atoms with Gasteiger partial charge in [-0.3, -0.25) is 9.59 Å². The van der Waals surface area contributed by atoms with E-state index in [0.717, 1.165) is 9.13 Å². The Morgan fingerprint density at radius 1 is 1.05 bits per heavy atom. The molecule has 2 N–H and O–H groups in total. The van der Waals surface area contributed by atoms with Crippen LogP contribution in [0.15, 0.2) is 34.1 Å². The van der Waals surface area contributed by atoms with Crippen LogP contribution in [-0.4, -0.2) is 23.0 Å². The summed E-state index contributed by atoms with van der Waals surface area (Å²) in [7, 11) is 1.28. The van der Waals surface area contributed by atoms with Crippen molar-refractivity contribution in [2.24, 2.45) is 0 Å². The first-order valence-electron chi connectivity index (χ1n) is 5.97. The van der Waals surface area contributed by atoms with Crippen molar-refractivity contribution >= 4 is 28.6 Å². The summed E-state index contributed by atoms with van der Waals surface area (Å²) in [5.41, 5.74) is 1.77. The normalized spacial score (nSPS) is 9.52. The van der Waals surface area contributed by atoms with E-state index < -0.39 is 5.97 Å². The average Bonchev–Trinajstić information content (AvgIpc) is 2.45. The maximum Gasteiger partial charge on any atom is 0.338 e. The summed E-state index contributed by atoms with van der Waals surface area (Å²) in [6.45, 7) is 3.68. The second kappa shape index (κ2) is 7.77. The molecule has 0 radical (unpaired) electrons. The number of nitrogens with one attached hydrogen (secondary N) is 2. The number of aromatic nitrogens is 2. The van der Waals surface area contributed by atoms with Crippen molar-refractivity contribution in [2.45, 2.75) is 13.8 Å². The molecule has 2 heterocycles. The van der Waals surface area contributed by atoms with Crippen LogP contribution in [0.4, 0.5) is 0 Å². The number of hydrogen-bond acceptors (Lipinski definition) is 4. The van der Waals surface area contributed by atoms with Crippen molar-refractivity contribution in [2.75, 3.05) is 7.11 Å². The van der Waals surface area contributed by atoms with Gasteiger partial charge in [0.2, 0.25) is 11.1 Å². The van der Waals surface area contributed by atoms with Crippen LogP contribution in [0.25, 0.3) is 0 Å². The number of carbonyl (C=O) groups excluding carboxylic acids is 1. The van der Waals surface area contributed by atoms with E-state index in [1.807, 2.05) is 6.92 Å². The lowest BCUT2D eigenvalue weighted by Gasteiger charge is -2.00. The van der Waals surface area contributed by atoms with E-state index >= 15 is 0 Å². The van der Waals surface area contributed by atoms with Gasteiger partial charge in [0.05, 0.1) is 12.7 Å². The number of rotatable bonds is 1. The molecule has 2 aromatic heterocycles. The number of carbonyl (C=O) groups is 1. The quantitative estimate of drug-likeness (QED) is 0.562. The molecule has 112 valence electrons. The Balaban J connectivity index is 0.000000219. The molecule has 0 saturated carbocycles. The molecular weight excluding hydrogens is 387 g/mol. The maximum absolute atomic E-state index is 11.0. The van der Waals surface area contributed by atoms with Crippen molar-refractivity contribution in [3.63, 3.8) is 0 Å². The minimum Gasteiger partial charge on any atom is -0.465 e. The predicted octanol–water partition coefficient (Wildman–Crippen LogP) is 1.76. The van der Waals surface area contributed by atoms with Crippen LogP contribution in [0.1, 0.15) is 21.5 Å². The topological polar surface area (TPSA) is 92.0 Å². The van der Waals surface area contributed by atoms with Gasteiger partial charge in [0, 0.05) is 28.1 Å². The second-order valence-corrected chi connectivity index (χ2v) is 5.38. The lowest BCUT2D eigenvalue weighted by molar-refractivity contribution is 0.0599. The molecule has 0 atom stereocenters. The van der Waals surface area contributed by atoms with Crippen LogP contribution < -0.4 is 11.1 Å². The fraction of sp³-hybridized carbons (Fsp3) is 0.214. The molecule has 2 aromatic rings. The van der Waals surface area contributed by atoms with Crippen LogP contribution >= 0.6 is 22.6 Å². The van der Waals surface area contributed by atoms with E-state index in [1.165, 1.54) is 19.4 Å². The molecule has 0 aliphatic heterocycles. The van der Waals surface area contributed by atoms with Gasteiger partial charge in [-0.15, -0.1) is 0 Å². The molecule has 0 fully saturated rings. The van der Waals surface area contributed by atoms with Gasteiger partial charge in [-0.25, -0.2) is 4.79 Å². The molecular formula is C14H15IN2O4. The van der Waals surface area contributed by atoms with Crippen molar-refractivity contribution in [1.29, 1.82) is 0 Å². The third-order valence-electron chi connectivity index (χ3n) is 2.60. The van der Waals surface area contributed by atoms with Crippen LogP contribution in [0.3, 0.4) is 0 Å². The first-order valence-corrected chi connectivity index (χ1v) is 7.05. The number of aromatic amines is 2. The SMILES string of the molecule is COC(=O)c1cc(=O)[nH]cc1C.Cc1c[nH]c(=O)cc1I. The fourth-order valence-electron chi connectivity index (χ4n) is 1.39. The summed E-state index contributed by atoms with van der Waals surface area (Å²) in [5, 5.41) is 0. The number of ether oxygens (including phenoxy) is 1. The Morgan fingerprint density at radius 2 is 1.57 bits per heavy atom. The number of aryl methyl sites for hydroxylation is 2. The van der Waals surface area contributed by atoms with Gasteiger partial charge in [-0.05, 0) is 47.6 Å². The zero-order chi connectivity index (χ0) is 16.0. The van der Waals surface area contributed by atoms with Gasteiger partial charge in [0.1, 0.15) is 0 Å². The number of H-pyrrole nitrogens is 2. The highest BCUT2D eigenvalue weighted by Gasteiger charge is 2.08. The molecule has 21 heavy (non-hydrogen) atoms. The third kappa shape index (κ3) is 5.18. The second-order valence-electron chi connectivity index (χ2n) is 4.21. The van der Waals surface area contributed by atoms with Crippen LogP contribution in [0.5, 0.6) is 0 Å². The number of pyridine rings is 2. The minimum atomic E-state index is -0.487. The third-order valence-corrected chi connectivity index (χ3v) is 3.76. The van der Waals surface area contributed by atoms with Crippen molar-refractivity contribution in [3.05, 3.63) is 65.5 Å². The average molecular weight is 402 g/mol. The van der Waals surface area contributed by atoms with E-state index in [1.54, 1.807) is 19.2 Å². The van der Waals surface area contributed by atoms with E-state index in [4.69, 9.17) is 0 Å². The molecule has 0 saturated heterocycles. The van der Waals surface area contributed by atoms with E-state index in [-0.39, 0.29) is 11.1 Å². The Morgan fingerprint density at radius 3 is 2.05 bits per heavy atom. The lowest BCUT2D eigenvalue weighted by atomic mass is 10.2. The summed E-state index contributed by atoms with van der Waals surface area (Å²) < 4.78 is 5.49. The molecule has 0 aliphatic rings. The first kappa shape index (κ1) is 17.2. The van der Waals surface area contributed by atoms with Crippen molar-refractivity contribution in [3.8, 4) is 0 Å². The molecule has 0 aliphatic carbocycles. The largest absolute Gasteiger partial charge is 0.465 e. The van der Waals surface area contributed by atoms with Crippen molar-refractivity contribution in [1.82, 2.24) is 9.97 Å². The summed E-state index contributed by atoms with van der Waals surface area (Å²) >= 11 is 2.13. The van der Waals surface area contributed by atoms with Gasteiger partial charge in [-0.1, -0.05) is 0 Å². The Kier molecular flexibility index (Phi) is 6.35. The number of esters is 1. The van der Waals surface area contributed by atoms with Crippen molar-refractivity contribution < 1.29 is 9.53 Å². The highest BCUT2D eigenvalue weighted by atomic mass is 127. The van der Waals surface area contributed by atoms with Gasteiger partial charge in [-0.2, -0.15) is 0 Å². The molecule has 6 nitrogen and oxygen atoms in total. The number of halogens is 1. The molecule has 0 spiro atoms. The monoisotopic (exact) mass is 402 g/mol. The van der Waals surface area contributed by atoms with Gasteiger partial charge >= 0.3 is 5.97 Å². The summed E-state index contributed by atoms with van der Waals surface area (Å²) in [4.78, 5) is 37.4. The first-order chi connectivity index (χ1) is 9.85. The molecule has 7 heteroatoms. The van der Waals surface area contributed by atoms with E-state index in [9.17, 15) is 14.4 Å². The summed E-state index contributed by atoms with van der Waals surface area (Å²) in [6, 6.07) is 2.80. The standard InChI is InChI=1S/C8H9NO3.C6H6INO/c1-5-4-9-7(10)3-6(5)8(11)12-2;1-4-3-8-6(9)2-5(4)7/h3-4H,1-2H3,(H,9,10);2-3H,1H3,(H,8,9). The zero-order valence-electron chi connectivity index (χ0n) is 11.8. The van der Waals surface area contributed by atoms with Crippen LogP contribution in [0.2, 0.25) is 0 Å².